The molecule has 0 spiro atoms. The minimum atomic E-state index is -0.577. The summed E-state index contributed by atoms with van der Waals surface area (Å²) < 4.78 is 5.04. The van der Waals surface area contributed by atoms with Crippen molar-refractivity contribution in [1.29, 1.82) is 0 Å². The van der Waals surface area contributed by atoms with Crippen LogP contribution in [0.1, 0.15) is 26.3 Å². The van der Waals surface area contributed by atoms with Crippen molar-refractivity contribution in [2.75, 3.05) is 6.54 Å². The third-order valence-corrected chi connectivity index (χ3v) is 2.28. The molecule has 0 aliphatic rings. The summed E-state index contributed by atoms with van der Waals surface area (Å²) in [4.78, 5) is 21.5. The van der Waals surface area contributed by atoms with Crippen LogP contribution in [0, 0.1) is 10.1 Å². The number of aromatic hydroxyl groups is 1. The molecule has 0 aliphatic carbocycles. The van der Waals surface area contributed by atoms with E-state index in [0.29, 0.717) is 5.56 Å². The maximum atomic E-state index is 11.4. The summed E-state index contributed by atoms with van der Waals surface area (Å²) >= 11 is 0. The van der Waals surface area contributed by atoms with Gasteiger partial charge in [-0.05, 0) is 26.8 Å². The number of carbonyl (C=O) groups is 1. The Kier molecular flexibility index (Phi) is 5.29. The van der Waals surface area contributed by atoms with Crippen molar-refractivity contribution in [3.05, 3.63) is 40.0 Å². The van der Waals surface area contributed by atoms with Crippen LogP contribution in [0.25, 0.3) is 6.08 Å². The molecule has 0 radical (unpaired) electrons. The van der Waals surface area contributed by atoms with Gasteiger partial charge in [-0.3, -0.25) is 10.1 Å². The number of phenolic OH excluding ortho intramolecular Hbond substituents is 1. The largest absolute Gasteiger partial charge is 0.507 e. The van der Waals surface area contributed by atoms with Gasteiger partial charge in [-0.1, -0.05) is 12.2 Å². The number of hydrogen-bond acceptors (Lipinski definition) is 5. The van der Waals surface area contributed by atoms with Gasteiger partial charge < -0.3 is 15.2 Å². The zero-order valence-electron chi connectivity index (χ0n) is 12.1. The second kappa shape index (κ2) is 6.74. The van der Waals surface area contributed by atoms with Gasteiger partial charge in [0.1, 0.15) is 11.4 Å². The van der Waals surface area contributed by atoms with Gasteiger partial charge in [-0.2, -0.15) is 0 Å². The van der Waals surface area contributed by atoms with Crippen LogP contribution < -0.4 is 5.32 Å². The summed E-state index contributed by atoms with van der Waals surface area (Å²) in [5.74, 6) is -0.0749. The highest BCUT2D eigenvalue weighted by atomic mass is 16.6. The number of nitro benzene ring substituents is 1. The molecule has 0 heterocycles. The number of alkyl carbamates (subject to hydrolysis) is 1. The van der Waals surface area contributed by atoms with Gasteiger partial charge in [0.25, 0.3) is 5.69 Å². The molecule has 21 heavy (non-hydrogen) atoms. The Bertz CT molecular complexity index is 561. The van der Waals surface area contributed by atoms with Gasteiger partial charge in [-0.25, -0.2) is 4.79 Å². The maximum Gasteiger partial charge on any atom is 0.407 e. The molecule has 0 saturated carbocycles. The highest BCUT2D eigenvalue weighted by Gasteiger charge is 2.15. The van der Waals surface area contributed by atoms with Crippen LogP contribution in [-0.2, 0) is 4.74 Å². The molecule has 0 fully saturated rings. The Morgan fingerprint density at radius 2 is 2.14 bits per heavy atom. The quantitative estimate of drug-likeness (QED) is 0.656. The normalized spacial score (nSPS) is 11.4. The molecule has 0 saturated heterocycles. The van der Waals surface area contributed by atoms with Crippen LogP contribution >= 0.6 is 0 Å². The van der Waals surface area contributed by atoms with E-state index < -0.39 is 16.6 Å². The molecule has 0 atom stereocenters. The lowest BCUT2D eigenvalue weighted by atomic mass is 10.1. The number of nitrogens with zero attached hydrogens (tertiary/aromatic N) is 1. The molecule has 1 aromatic rings. The Hall–Kier alpha value is -2.57. The smallest absolute Gasteiger partial charge is 0.407 e. The van der Waals surface area contributed by atoms with Crippen molar-refractivity contribution in [2.24, 2.45) is 0 Å². The molecular weight excluding hydrogens is 276 g/mol. The SMILES string of the molecule is CC(C)(C)OC(=O)NCC=Cc1cc([N+](=O)[O-])ccc1O. The van der Waals surface area contributed by atoms with E-state index in [1.165, 1.54) is 24.3 Å². The number of ether oxygens (including phenoxy) is 1. The van der Waals surface area contributed by atoms with E-state index >= 15 is 0 Å². The zero-order valence-corrected chi connectivity index (χ0v) is 12.1. The molecule has 1 amide bonds. The summed E-state index contributed by atoms with van der Waals surface area (Å²) in [7, 11) is 0. The van der Waals surface area contributed by atoms with Crippen LogP contribution in [0.5, 0.6) is 5.75 Å². The number of nitro groups is 1. The predicted octanol–water partition coefficient (Wildman–Crippen LogP) is 2.84. The number of nitrogens with one attached hydrogen (secondary N) is 1. The average molecular weight is 294 g/mol. The zero-order chi connectivity index (χ0) is 16.0. The average Bonchev–Trinajstić information content (AvgIpc) is 2.34. The second-order valence-electron chi connectivity index (χ2n) is 5.29. The first-order valence-electron chi connectivity index (χ1n) is 6.30. The van der Waals surface area contributed by atoms with E-state index in [1.54, 1.807) is 26.8 Å². The van der Waals surface area contributed by atoms with Crippen molar-refractivity contribution < 1.29 is 19.6 Å². The van der Waals surface area contributed by atoms with E-state index in [9.17, 15) is 20.0 Å². The van der Waals surface area contributed by atoms with E-state index in [2.05, 4.69) is 5.32 Å². The Labute approximate surface area is 122 Å². The first kappa shape index (κ1) is 16.5. The molecule has 7 nitrogen and oxygen atoms in total. The Balaban J connectivity index is 2.60. The summed E-state index contributed by atoms with van der Waals surface area (Å²) in [6.07, 6.45) is 2.48. The standard InChI is InChI=1S/C14H18N2O5/c1-14(2,3)21-13(18)15-8-4-5-10-9-11(16(19)20)6-7-12(10)17/h4-7,9,17H,8H2,1-3H3,(H,15,18). The third-order valence-electron chi connectivity index (χ3n) is 2.28. The number of non-ortho nitro benzene ring substituents is 1. The lowest BCUT2D eigenvalue weighted by Gasteiger charge is -2.19. The molecule has 0 unspecified atom stereocenters. The molecule has 114 valence electrons. The summed E-state index contributed by atoms with van der Waals surface area (Å²) in [6.45, 7) is 5.44. The Morgan fingerprint density at radius 1 is 1.48 bits per heavy atom. The minimum Gasteiger partial charge on any atom is -0.507 e. The topological polar surface area (TPSA) is 102 Å². The van der Waals surface area contributed by atoms with Gasteiger partial charge in [0, 0.05) is 24.2 Å². The highest BCUT2D eigenvalue weighted by Crippen LogP contribution is 2.23. The van der Waals surface area contributed by atoms with E-state index in [1.807, 2.05) is 0 Å². The second-order valence-corrected chi connectivity index (χ2v) is 5.29. The lowest BCUT2D eigenvalue weighted by Crippen LogP contribution is -2.32. The van der Waals surface area contributed by atoms with Gasteiger partial charge in [0.05, 0.1) is 4.92 Å². The van der Waals surface area contributed by atoms with Crippen LogP contribution in [0.4, 0.5) is 10.5 Å². The minimum absolute atomic E-state index is 0.0749. The first-order valence-corrected chi connectivity index (χ1v) is 6.30. The number of hydrogen-bond donors (Lipinski definition) is 2. The maximum absolute atomic E-state index is 11.4. The van der Waals surface area contributed by atoms with Crippen LogP contribution in [-0.4, -0.2) is 28.3 Å². The molecule has 1 rings (SSSR count). The predicted molar refractivity (Wildman–Crippen MR) is 78.0 cm³/mol. The molecule has 0 aromatic heterocycles. The fourth-order valence-electron chi connectivity index (χ4n) is 1.43. The van der Waals surface area contributed by atoms with Crippen molar-refractivity contribution in [3.63, 3.8) is 0 Å². The van der Waals surface area contributed by atoms with Crippen molar-refractivity contribution >= 4 is 17.9 Å². The fourth-order valence-corrected chi connectivity index (χ4v) is 1.43. The highest BCUT2D eigenvalue weighted by molar-refractivity contribution is 5.68. The number of amides is 1. The fraction of sp³-hybridized carbons (Fsp3) is 0.357. The molecule has 2 N–H and O–H groups in total. The van der Waals surface area contributed by atoms with Gasteiger partial charge >= 0.3 is 6.09 Å². The summed E-state index contributed by atoms with van der Waals surface area (Å²) in [5.41, 5.74) is -0.394. The lowest BCUT2D eigenvalue weighted by molar-refractivity contribution is -0.384. The summed E-state index contributed by atoms with van der Waals surface area (Å²) in [6, 6.07) is 3.71. The molecule has 7 heteroatoms. The van der Waals surface area contributed by atoms with Crippen molar-refractivity contribution in [1.82, 2.24) is 5.32 Å². The van der Waals surface area contributed by atoms with E-state index in [4.69, 9.17) is 4.74 Å². The van der Waals surface area contributed by atoms with Crippen molar-refractivity contribution in [2.45, 2.75) is 26.4 Å². The van der Waals surface area contributed by atoms with Crippen molar-refractivity contribution in [3.8, 4) is 5.75 Å². The number of carbonyl (C=O) groups excluding carboxylic acids is 1. The Morgan fingerprint density at radius 3 is 2.71 bits per heavy atom. The van der Waals surface area contributed by atoms with Gasteiger partial charge in [0.2, 0.25) is 0 Å². The number of rotatable bonds is 4. The van der Waals surface area contributed by atoms with E-state index in [-0.39, 0.29) is 18.0 Å². The molecular formula is C14H18N2O5. The third kappa shape index (κ3) is 5.94. The first-order chi connectivity index (χ1) is 9.69. The monoisotopic (exact) mass is 294 g/mol. The number of phenols is 1. The molecule has 1 aromatic carbocycles. The van der Waals surface area contributed by atoms with E-state index in [0.717, 1.165) is 0 Å². The molecule has 0 bridgehead atoms. The summed E-state index contributed by atoms with van der Waals surface area (Å²) in [5, 5.41) is 22.7. The van der Waals surface area contributed by atoms with Gasteiger partial charge in [0.15, 0.2) is 0 Å². The van der Waals surface area contributed by atoms with Crippen LogP contribution in [0.3, 0.4) is 0 Å². The molecule has 0 aliphatic heterocycles. The van der Waals surface area contributed by atoms with Crippen LogP contribution in [0.2, 0.25) is 0 Å². The van der Waals surface area contributed by atoms with Crippen LogP contribution in [0.15, 0.2) is 24.3 Å². The van der Waals surface area contributed by atoms with Gasteiger partial charge in [-0.15, -0.1) is 0 Å². The number of benzene rings is 1.